The molecular formula is C16H22O2. The highest BCUT2D eigenvalue weighted by Crippen LogP contribution is 2.27. The molecule has 2 nitrogen and oxygen atoms in total. The Morgan fingerprint density at radius 1 is 1.11 bits per heavy atom. The lowest BCUT2D eigenvalue weighted by atomic mass is 9.97. The van der Waals surface area contributed by atoms with Gasteiger partial charge in [-0.25, -0.2) is 0 Å². The van der Waals surface area contributed by atoms with Gasteiger partial charge in [0, 0.05) is 0 Å². The first-order valence-corrected chi connectivity index (χ1v) is 6.80. The Morgan fingerprint density at radius 2 is 1.83 bits per heavy atom. The fourth-order valence-corrected chi connectivity index (χ4v) is 2.44. The van der Waals surface area contributed by atoms with Crippen LogP contribution in [-0.4, -0.2) is 13.2 Å². The first-order valence-electron chi connectivity index (χ1n) is 6.80. The monoisotopic (exact) mass is 246 g/mol. The summed E-state index contributed by atoms with van der Waals surface area (Å²) < 4.78 is 11.2. The molecule has 0 saturated heterocycles. The molecular weight excluding hydrogens is 224 g/mol. The van der Waals surface area contributed by atoms with Gasteiger partial charge in [0.05, 0.1) is 19.5 Å². The van der Waals surface area contributed by atoms with Gasteiger partial charge in [-0.1, -0.05) is 49.6 Å². The predicted molar refractivity (Wildman–Crippen MR) is 73.3 cm³/mol. The Kier molecular flexibility index (Phi) is 5.28. The van der Waals surface area contributed by atoms with Crippen LogP contribution in [0.15, 0.2) is 42.7 Å². The quantitative estimate of drug-likeness (QED) is 0.724. The maximum atomic E-state index is 6.21. The molecule has 0 spiro atoms. The number of methoxy groups -OCH3 is 1. The van der Waals surface area contributed by atoms with E-state index in [9.17, 15) is 0 Å². The van der Waals surface area contributed by atoms with Crippen molar-refractivity contribution in [1.29, 1.82) is 0 Å². The van der Waals surface area contributed by atoms with Crippen LogP contribution in [-0.2, 0) is 9.47 Å². The zero-order valence-corrected chi connectivity index (χ0v) is 11.0. The van der Waals surface area contributed by atoms with Crippen molar-refractivity contribution < 1.29 is 9.47 Å². The molecule has 18 heavy (non-hydrogen) atoms. The van der Waals surface area contributed by atoms with E-state index >= 15 is 0 Å². The summed E-state index contributed by atoms with van der Waals surface area (Å²) in [6.45, 7) is 0. The van der Waals surface area contributed by atoms with Gasteiger partial charge < -0.3 is 9.47 Å². The first-order chi connectivity index (χ1) is 8.90. The smallest absolute Gasteiger partial charge is 0.104 e. The molecule has 1 atom stereocenters. The van der Waals surface area contributed by atoms with Gasteiger partial charge in [-0.15, -0.1) is 0 Å². The van der Waals surface area contributed by atoms with E-state index in [2.05, 4.69) is 12.1 Å². The van der Waals surface area contributed by atoms with Crippen LogP contribution in [0.3, 0.4) is 0 Å². The first kappa shape index (κ1) is 13.2. The van der Waals surface area contributed by atoms with E-state index in [1.165, 1.54) is 37.7 Å². The Hall–Kier alpha value is -1.28. The Morgan fingerprint density at radius 3 is 2.50 bits per heavy atom. The molecule has 1 aromatic rings. The van der Waals surface area contributed by atoms with Crippen molar-refractivity contribution in [2.45, 2.75) is 44.3 Å². The zero-order valence-electron chi connectivity index (χ0n) is 11.0. The van der Waals surface area contributed by atoms with Crippen molar-refractivity contribution in [2.75, 3.05) is 7.11 Å². The number of benzene rings is 1. The SMILES string of the molecule is COC=CC(OC1CCCCC1)c1ccccc1. The number of rotatable bonds is 5. The normalized spacial score (nSPS) is 18.9. The molecule has 1 fully saturated rings. The van der Waals surface area contributed by atoms with Crippen LogP contribution >= 0.6 is 0 Å². The van der Waals surface area contributed by atoms with Crippen molar-refractivity contribution >= 4 is 0 Å². The molecule has 1 aliphatic carbocycles. The molecule has 1 saturated carbocycles. The summed E-state index contributed by atoms with van der Waals surface area (Å²) in [6.07, 6.45) is 10.4. The lowest BCUT2D eigenvalue weighted by Crippen LogP contribution is -2.19. The molecule has 1 aliphatic rings. The highest BCUT2D eigenvalue weighted by atomic mass is 16.5. The van der Waals surface area contributed by atoms with Crippen LogP contribution in [0.2, 0.25) is 0 Å². The summed E-state index contributed by atoms with van der Waals surface area (Å²) in [5, 5.41) is 0. The van der Waals surface area contributed by atoms with Crippen molar-refractivity contribution in [2.24, 2.45) is 0 Å². The lowest BCUT2D eigenvalue weighted by molar-refractivity contribution is -0.00920. The minimum absolute atomic E-state index is 0.00856. The summed E-state index contributed by atoms with van der Waals surface area (Å²) in [6, 6.07) is 10.3. The van der Waals surface area contributed by atoms with E-state index in [1.807, 2.05) is 24.3 Å². The minimum atomic E-state index is 0.00856. The van der Waals surface area contributed by atoms with E-state index in [0.717, 1.165) is 0 Å². The average Bonchev–Trinajstić information content (AvgIpc) is 2.45. The molecule has 98 valence electrons. The van der Waals surface area contributed by atoms with Crippen LogP contribution in [0.4, 0.5) is 0 Å². The molecule has 0 aliphatic heterocycles. The average molecular weight is 246 g/mol. The fourth-order valence-electron chi connectivity index (χ4n) is 2.44. The topological polar surface area (TPSA) is 18.5 Å². The van der Waals surface area contributed by atoms with Crippen molar-refractivity contribution in [3.63, 3.8) is 0 Å². The minimum Gasteiger partial charge on any atom is -0.505 e. The van der Waals surface area contributed by atoms with E-state index in [1.54, 1.807) is 13.4 Å². The number of hydrogen-bond donors (Lipinski definition) is 0. The Bertz CT molecular complexity index is 353. The molecule has 0 N–H and O–H groups in total. The van der Waals surface area contributed by atoms with Crippen LogP contribution in [0, 0.1) is 0 Å². The molecule has 2 heteroatoms. The lowest BCUT2D eigenvalue weighted by Gasteiger charge is -2.26. The highest BCUT2D eigenvalue weighted by molar-refractivity contribution is 5.21. The summed E-state index contributed by atoms with van der Waals surface area (Å²) in [4.78, 5) is 0. The van der Waals surface area contributed by atoms with Gasteiger partial charge in [0.15, 0.2) is 0 Å². The number of hydrogen-bond acceptors (Lipinski definition) is 2. The van der Waals surface area contributed by atoms with Crippen LogP contribution < -0.4 is 0 Å². The molecule has 0 bridgehead atoms. The van der Waals surface area contributed by atoms with E-state index in [-0.39, 0.29) is 6.10 Å². The molecule has 0 amide bonds. The molecule has 1 aromatic carbocycles. The highest BCUT2D eigenvalue weighted by Gasteiger charge is 2.18. The van der Waals surface area contributed by atoms with Gasteiger partial charge in [0.25, 0.3) is 0 Å². The third-order valence-corrected chi connectivity index (χ3v) is 3.41. The van der Waals surface area contributed by atoms with Crippen LogP contribution in [0.5, 0.6) is 0 Å². The fraction of sp³-hybridized carbons (Fsp3) is 0.500. The molecule has 0 heterocycles. The summed E-state index contributed by atoms with van der Waals surface area (Å²) in [5.74, 6) is 0. The standard InChI is InChI=1S/C16H22O2/c1-17-13-12-16(14-8-4-2-5-9-14)18-15-10-6-3-7-11-15/h2,4-5,8-9,12-13,15-16H,3,6-7,10-11H2,1H3. The zero-order chi connectivity index (χ0) is 12.6. The van der Waals surface area contributed by atoms with E-state index in [0.29, 0.717) is 6.10 Å². The second-order valence-electron chi connectivity index (χ2n) is 4.79. The molecule has 2 rings (SSSR count). The van der Waals surface area contributed by atoms with Crippen molar-refractivity contribution in [3.8, 4) is 0 Å². The van der Waals surface area contributed by atoms with Crippen LogP contribution in [0.25, 0.3) is 0 Å². The van der Waals surface area contributed by atoms with Gasteiger partial charge in [0.1, 0.15) is 6.10 Å². The largest absolute Gasteiger partial charge is 0.505 e. The summed E-state index contributed by atoms with van der Waals surface area (Å²) in [5.41, 5.74) is 1.19. The van der Waals surface area contributed by atoms with Gasteiger partial charge in [-0.05, 0) is 24.5 Å². The van der Waals surface area contributed by atoms with Crippen molar-refractivity contribution in [3.05, 3.63) is 48.2 Å². The van der Waals surface area contributed by atoms with Crippen LogP contribution in [0.1, 0.15) is 43.8 Å². The molecule has 0 aromatic heterocycles. The number of ether oxygens (including phenoxy) is 2. The third-order valence-electron chi connectivity index (χ3n) is 3.41. The Labute approximate surface area is 110 Å². The van der Waals surface area contributed by atoms with Gasteiger partial charge in [0.2, 0.25) is 0 Å². The maximum absolute atomic E-state index is 6.21. The van der Waals surface area contributed by atoms with Gasteiger partial charge in [-0.3, -0.25) is 0 Å². The second-order valence-corrected chi connectivity index (χ2v) is 4.79. The molecule has 0 radical (unpaired) electrons. The Balaban J connectivity index is 2.02. The summed E-state index contributed by atoms with van der Waals surface area (Å²) in [7, 11) is 1.67. The van der Waals surface area contributed by atoms with Gasteiger partial charge >= 0.3 is 0 Å². The molecule has 1 unspecified atom stereocenters. The third kappa shape index (κ3) is 3.88. The maximum Gasteiger partial charge on any atom is 0.104 e. The second kappa shape index (κ2) is 7.22. The van der Waals surface area contributed by atoms with Gasteiger partial charge in [-0.2, -0.15) is 0 Å². The van der Waals surface area contributed by atoms with Crippen molar-refractivity contribution in [1.82, 2.24) is 0 Å². The predicted octanol–water partition coefficient (Wildman–Crippen LogP) is 4.24. The summed E-state index contributed by atoms with van der Waals surface area (Å²) >= 11 is 0. The van der Waals surface area contributed by atoms with E-state index < -0.39 is 0 Å². The van der Waals surface area contributed by atoms with E-state index in [4.69, 9.17) is 9.47 Å².